The first-order valence-corrected chi connectivity index (χ1v) is 7.74. The predicted octanol–water partition coefficient (Wildman–Crippen LogP) is 3.43. The summed E-state index contributed by atoms with van der Waals surface area (Å²) in [6.45, 7) is 8.17. The summed E-state index contributed by atoms with van der Waals surface area (Å²) >= 11 is 3.70. The Morgan fingerprint density at radius 3 is 2.68 bits per heavy atom. The number of nitrogens with zero attached hydrogens (tertiary/aromatic N) is 4. The molecule has 19 heavy (non-hydrogen) atoms. The monoisotopic (exact) mass is 324 g/mol. The number of aromatic nitrogens is 4. The molecule has 0 fully saturated rings. The molecule has 0 aromatic carbocycles. The highest BCUT2D eigenvalue weighted by atomic mass is 79.9. The molecule has 0 aliphatic carbocycles. The minimum absolute atomic E-state index is 0.830. The van der Waals surface area contributed by atoms with Gasteiger partial charge in [0.05, 0.1) is 22.4 Å². The number of aryl methyl sites for hydroxylation is 3. The van der Waals surface area contributed by atoms with Crippen molar-refractivity contribution < 1.29 is 0 Å². The van der Waals surface area contributed by atoms with Gasteiger partial charge in [-0.3, -0.25) is 4.68 Å². The van der Waals surface area contributed by atoms with Gasteiger partial charge in [-0.15, -0.1) is 0 Å². The summed E-state index contributed by atoms with van der Waals surface area (Å²) in [6.07, 6.45) is 7.02. The zero-order valence-electron chi connectivity index (χ0n) is 11.9. The van der Waals surface area contributed by atoms with E-state index in [1.54, 1.807) is 0 Å². The van der Waals surface area contributed by atoms with Crippen molar-refractivity contribution in [2.45, 2.75) is 53.1 Å². The highest BCUT2D eigenvalue weighted by Gasteiger charge is 2.15. The third-order valence-corrected chi connectivity index (χ3v) is 4.20. The van der Waals surface area contributed by atoms with Gasteiger partial charge in [-0.05, 0) is 35.7 Å². The molecule has 0 N–H and O–H groups in total. The highest BCUT2D eigenvalue weighted by Crippen LogP contribution is 2.23. The maximum Gasteiger partial charge on any atom is 0.108 e. The van der Waals surface area contributed by atoms with Crippen molar-refractivity contribution >= 4 is 15.9 Å². The van der Waals surface area contributed by atoms with Crippen LogP contribution in [0.25, 0.3) is 0 Å². The van der Waals surface area contributed by atoms with E-state index in [9.17, 15) is 0 Å². The Hall–Kier alpha value is -1.10. The summed E-state index contributed by atoms with van der Waals surface area (Å²) in [4.78, 5) is 4.43. The minimum Gasteiger partial charge on any atom is -0.329 e. The molecular weight excluding hydrogens is 304 g/mol. The zero-order chi connectivity index (χ0) is 13.8. The van der Waals surface area contributed by atoms with E-state index in [4.69, 9.17) is 0 Å². The minimum atomic E-state index is 0.830. The molecule has 0 aliphatic rings. The maximum atomic E-state index is 4.64. The third kappa shape index (κ3) is 2.91. The molecule has 2 aromatic heterocycles. The second-order valence-corrected chi connectivity index (χ2v) is 5.39. The lowest BCUT2D eigenvalue weighted by molar-refractivity contribution is 0.584. The van der Waals surface area contributed by atoms with Gasteiger partial charge in [-0.25, -0.2) is 4.98 Å². The first kappa shape index (κ1) is 14.3. The highest BCUT2D eigenvalue weighted by molar-refractivity contribution is 9.10. The number of hydrogen-bond donors (Lipinski definition) is 0. The Bertz CT molecular complexity index is 542. The Morgan fingerprint density at radius 1 is 1.26 bits per heavy atom. The second kappa shape index (κ2) is 6.37. The van der Waals surface area contributed by atoms with Crippen LogP contribution in [0.15, 0.2) is 16.9 Å². The SMILES string of the molecule is CCCc1nccn1Cc1c(Br)c(CC)nn1CC. The lowest BCUT2D eigenvalue weighted by Crippen LogP contribution is -2.10. The standard InChI is InChI=1S/C14H21BrN4/c1-4-7-13-16-8-9-18(13)10-12-14(15)11(5-2)17-19(12)6-3/h8-9H,4-7,10H2,1-3H3. The van der Waals surface area contributed by atoms with Crippen molar-refractivity contribution in [2.75, 3.05) is 0 Å². The fourth-order valence-corrected chi connectivity index (χ4v) is 2.96. The normalized spacial score (nSPS) is 11.2. The average Bonchev–Trinajstić information content (AvgIpc) is 2.97. The van der Waals surface area contributed by atoms with E-state index in [2.05, 4.69) is 62.2 Å². The molecule has 0 aliphatic heterocycles. The van der Waals surface area contributed by atoms with Crippen molar-refractivity contribution in [1.29, 1.82) is 0 Å². The fraction of sp³-hybridized carbons (Fsp3) is 0.571. The van der Waals surface area contributed by atoms with Crippen LogP contribution in [0.2, 0.25) is 0 Å². The van der Waals surface area contributed by atoms with E-state index in [0.717, 1.165) is 48.3 Å². The lowest BCUT2D eigenvalue weighted by Gasteiger charge is -2.09. The van der Waals surface area contributed by atoms with E-state index in [-0.39, 0.29) is 0 Å². The number of halogens is 1. The van der Waals surface area contributed by atoms with E-state index < -0.39 is 0 Å². The van der Waals surface area contributed by atoms with E-state index in [1.807, 2.05) is 6.20 Å². The van der Waals surface area contributed by atoms with Crippen LogP contribution in [0.3, 0.4) is 0 Å². The predicted molar refractivity (Wildman–Crippen MR) is 80.3 cm³/mol. The van der Waals surface area contributed by atoms with Crippen molar-refractivity contribution in [2.24, 2.45) is 0 Å². The van der Waals surface area contributed by atoms with Gasteiger partial charge < -0.3 is 4.57 Å². The summed E-state index contributed by atoms with van der Waals surface area (Å²) in [5.41, 5.74) is 2.36. The average molecular weight is 325 g/mol. The lowest BCUT2D eigenvalue weighted by atomic mass is 10.3. The van der Waals surface area contributed by atoms with E-state index in [0.29, 0.717) is 0 Å². The van der Waals surface area contributed by atoms with Crippen LogP contribution in [0.5, 0.6) is 0 Å². The van der Waals surface area contributed by atoms with Gasteiger partial charge in [0.2, 0.25) is 0 Å². The van der Waals surface area contributed by atoms with Gasteiger partial charge in [-0.1, -0.05) is 13.8 Å². The molecule has 2 heterocycles. The molecule has 0 saturated carbocycles. The largest absolute Gasteiger partial charge is 0.329 e. The van der Waals surface area contributed by atoms with Crippen LogP contribution < -0.4 is 0 Å². The summed E-state index contributed by atoms with van der Waals surface area (Å²) < 4.78 is 5.45. The van der Waals surface area contributed by atoms with Crippen LogP contribution in [0.1, 0.15) is 44.4 Å². The molecule has 4 nitrogen and oxygen atoms in total. The second-order valence-electron chi connectivity index (χ2n) is 4.60. The molecule has 0 saturated heterocycles. The van der Waals surface area contributed by atoms with Crippen LogP contribution in [-0.4, -0.2) is 19.3 Å². The van der Waals surface area contributed by atoms with Crippen LogP contribution in [0.4, 0.5) is 0 Å². The molecule has 5 heteroatoms. The Morgan fingerprint density at radius 2 is 2.05 bits per heavy atom. The maximum absolute atomic E-state index is 4.64. The topological polar surface area (TPSA) is 35.6 Å². The number of rotatable bonds is 6. The van der Waals surface area contributed by atoms with Gasteiger partial charge in [0.15, 0.2) is 0 Å². The molecular formula is C14H21BrN4. The molecule has 0 amide bonds. The van der Waals surface area contributed by atoms with Gasteiger partial charge >= 0.3 is 0 Å². The van der Waals surface area contributed by atoms with Crippen LogP contribution in [0, 0.1) is 0 Å². The molecule has 0 spiro atoms. The summed E-state index contributed by atoms with van der Waals surface area (Å²) in [7, 11) is 0. The van der Waals surface area contributed by atoms with Gasteiger partial charge in [0, 0.05) is 25.4 Å². The Labute approximate surface area is 123 Å². The molecule has 2 aromatic rings. The van der Waals surface area contributed by atoms with Crippen LogP contribution in [-0.2, 0) is 25.9 Å². The molecule has 0 radical (unpaired) electrons. The summed E-state index contributed by atoms with van der Waals surface area (Å²) in [6, 6.07) is 0. The van der Waals surface area contributed by atoms with Gasteiger partial charge in [-0.2, -0.15) is 5.10 Å². The summed E-state index contributed by atoms with van der Waals surface area (Å²) in [5, 5.41) is 4.64. The van der Waals surface area contributed by atoms with Gasteiger partial charge in [0.25, 0.3) is 0 Å². The molecule has 104 valence electrons. The van der Waals surface area contributed by atoms with E-state index >= 15 is 0 Å². The smallest absolute Gasteiger partial charge is 0.108 e. The van der Waals surface area contributed by atoms with E-state index in [1.165, 1.54) is 5.69 Å². The molecule has 0 unspecified atom stereocenters. The van der Waals surface area contributed by atoms with Crippen molar-refractivity contribution in [1.82, 2.24) is 19.3 Å². The first-order chi connectivity index (χ1) is 9.21. The van der Waals surface area contributed by atoms with Crippen LogP contribution >= 0.6 is 15.9 Å². The molecule has 2 rings (SSSR count). The van der Waals surface area contributed by atoms with Crippen molar-refractivity contribution in [3.05, 3.63) is 34.1 Å². The number of imidazole rings is 1. The van der Waals surface area contributed by atoms with Gasteiger partial charge in [0.1, 0.15) is 5.82 Å². The zero-order valence-corrected chi connectivity index (χ0v) is 13.4. The summed E-state index contributed by atoms with van der Waals surface area (Å²) in [5.74, 6) is 1.15. The Kier molecular flexibility index (Phi) is 4.80. The molecule has 0 bridgehead atoms. The first-order valence-electron chi connectivity index (χ1n) is 6.95. The molecule has 0 atom stereocenters. The fourth-order valence-electron chi connectivity index (χ4n) is 2.27. The number of hydrogen-bond acceptors (Lipinski definition) is 2. The Balaban J connectivity index is 2.32. The quantitative estimate of drug-likeness (QED) is 0.816. The third-order valence-electron chi connectivity index (χ3n) is 3.29. The van der Waals surface area contributed by atoms with Crippen molar-refractivity contribution in [3.8, 4) is 0 Å². The van der Waals surface area contributed by atoms with Crippen molar-refractivity contribution in [3.63, 3.8) is 0 Å².